The number of fused-ring (bicyclic) bond motifs is 12. The van der Waals surface area contributed by atoms with Crippen LogP contribution in [0, 0.1) is 0 Å². The quantitative estimate of drug-likeness (QED) is 0.152. The largest absolute Gasteiger partial charge is 0.309 e. The van der Waals surface area contributed by atoms with Crippen LogP contribution >= 0.6 is 22.7 Å². The minimum atomic E-state index is 0.974. The summed E-state index contributed by atoms with van der Waals surface area (Å²) in [6.07, 6.45) is 3.99. The Kier molecular flexibility index (Phi) is 10.6. The van der Waals surface area contributed by atoms with Crippen LogP contribution < -0.4 is 0 Å². The van der Waals surface area contributed by atoms with Crippen molar-refractivity contribution in [1.82, 2.24) is 19.1 Å². The number of hydrogen-bond acceptors (Lipinski definition) is 4. The van der Waals surface area contributed by atoms with E-state index in [0.29, 0.717) is 0 Å². The van der Waals surface area contributed by atoms with Gasteiger partial charge in [-0.2, -0.15) is 0 Å². The summed E-state index contributed by atoms with van der Waals surface area (Å²) >= 11 is 3.62. The zero-order chi connectivity index (χ0) is 53.8. The fourth-order valence-corrected chi connectivity index (χ4v) is 15.0. The van der Waals surface area contributed by atoms with Gasteiger partial charge in [0.1, 0.15) is 0 Å². The first-order valence-corrected chi connectivity index (χ1v) is 29.4. The van der Waals surface area contributed by atoms with Crippen LogP contribution in [0.4, 0.5) is 0 Å². The molecule has 0 aliphatic rings. The number of pyridine rings is 2. The standard InChI is InChI=1S/C76H46N4S2/c1-6-28-68-59(23-1)60-24-2-7-29-69(60)79(68)57-21-14-18-50(43-57)55-39-54(48-16-12-20-53(38-48)75-76-65(35-36-77-75)63-26-4-10-32-73(63)82-76)40-56(41-55)51-33-34-62-61-25-3-8-30-70(61)80(71(62)44-51)58-22-13-17-49(42-58)47-15-11-19-52(37-47)67-45-66-64-27-5-9-31-72(64)81-74(66)46-78-67/h1-46H. The smallest absolute Gasteiger partial charge is 0.0880 e. The van der Waals surface area contributed by atoms with Gasteiger partial charge in [-0.05, 0) is 148 Å². The van der Waals surface area contributed by atoms with Crippen molar-refractivity contribution in [1.29, 1.82) is 0 Å². The normalized spacial score (nSPS) is 11.9. The van der Waals surface area contributed by atoms with Crippen molar-refractivity contribution in [3.05, 3.63) is 279 Å². The second-order valence-corrected chi connectivity index (χ2v) is 23.4. The van der Waals surface area contributed by atoms with Gasteiger partial charge in [-0.25, -0.2) is 0 Å². The summed E-state index contributed by atoms with van der Waals surface area (Å²) in [6, 6.07) is 98.0. The molecular weight excluding hydrogens is 1030 g/mol. The number of para-hydroxylation sites is 3. The summed E-state index contributed by atoms with van der Waals surface area (Å²) in [6.45, 7) is 0. The Hall–Kier alpha value is -10.2. The molecule has 0 saturated carbocycles. The van der Waals surface area contributed by atoms with Crippen molar-refractivity contribution in [2.24, 2.45) is 0 Å². The molecule has 6 aromatic heterocycles. The van der Waals surface area contributed by atoms with Crippen LogP contribution in [0.15, 0.2) is 279 Å². The third-order valence-corrected chi connectivity index (χ3v) is 18.9. The van der Waals surface area contributed by atoms with E-state index in [1.807, 2.05) is 23.7 Å². The minimum Gasteiger partial charge on any atom is -0.309 e. The predicted octanol–water partition coefficient (Wildman–Crippen LogP) is 21.4. The third kappa shape index (κ3) is 7.57. The minimum absolute atomic E-state index is 0.974. The van der Waals surface area contributed by atoms with E-state index < -0.39 is 0 Å². The highest BCUT2D eigenvalue weighted by molar-refractivity contribution is 7.26. The Balaban J connectivity index is 0.816. The fraction of sp³-hybridized carbons (Fsp3) is 0. The highest BCUT2D eigenvalue weighted by Crippen LogP contribution is 2.43. The zero-order valence-electron chi connectivity index (χ0n) is 44.2. The Bertz CT molecular complexity index is 5390. The van der Waals surface area contributed by atoms with Gasteiger partial charge in [-0.15, -0.1) is 22.7 Å². The Morgan fingerprint density at radius 3 is 1.35 bits per heavy atom. The SMILES string of the molecule is c1cc(-c2cccc(-n3c4ccccc4c4ccc(-c5cc(-c6cccc(-c7nccc8c7sc7ccccc78)c6)cc(-c6cccc(-n7c8ccccc8c8ccccc87)c6)c5)cc43)c2)cc(-c2cc3c(cn2)sc2ccccc23)c1. The lowest BCUT2D eigenvalue weighted by atomic mass is 9.92. The van der Waals surface area contributed by atoms with E-state index >= 15 is 0 Å². The van der Waals surface area contributed by atoms with Crippen molar-refractivity contribution in [2.45, 2.75) is 0 Å². The first-order valence-electron chi connectivity index (χ1n) is 27.8. The van der Waals surface area contributed by atoms with E-state index in [4.69, 9.17) is 9.97 Å². The number of thiophene rings is 2. The van der Waals surface area contributed by atoms with E-state index in [1.165, 1.54) is 72.9 Å². The van der Waals surface area contributed by atoms with Crippen molar-refractivity contribution < 1.29 is 0 Å². The molecule has 4 nitrogen and oxygen atoms in total. The Labute approximate surface area is 480 Å². The first kappa shape index (κ1) is 46.7. The average molecular weight is 1080 g/mol. The number of benzene rings is 11. The Morgan fingerprint density at radius 1 is 0.256 bits per heavy atom. The molecule has 82 heavy (non-hydrogen) atoms. The lowest BCUT2D eigenvalue weighted by molar-refractivity contribution is 1.18. The molecule has 0 unspecified atom stereocenters. The first-order chi connectivity index (χ1) is 40.6. The van der Waals surface area contributed by atoms with Gasteiger partial charge in [-0.1, -0.05) is 164 Å². The maximum Gasteiger partial charge on any atom is 0.0880 e. The van der Waals surface area contributed by atoms with Gasteiger partial charge in [0.15, 0.2) is 0 Å². The van der Waals surface area contributed by atoms with Gasteiger partial charge in [0.05, 0.1) is 42.9 Å². The summed E-state index contributed by atoms with van der Waals surface area (Å²) in [4.78, 5) is 10.0. The number of rotatable bonds is 8. The number of nitrogens with zero attached hydrogens (tertiary/aromatic N) is 4. The molecule has 6 heteroatoms. The van der Waals surface area contributed by atoms with Gasteiger partial charge < -0.3 is 9.13 Å². The van der Waals surface area contributed by atoms with Crippen molar-refractivity contribution in [3.8, 4) is 78.4 Å². The molecule has 0 atom stereocenters. The summed E-state index contributed by atoms with van der Waals surface area (Å²) < 4.78 is 9.82. The Morgan fingerprint density at radius 2 is 0.707 bits per heavy atom. The molecule has 17 rings (SSSR count). The van der Waals surface area contributed by atoms with Gasteiger partial charge in [-0.3, -0.25) is 9.97 Å². The molecule has 0 spiro atoms. The van der Waals surface area contributed by atoms with Crippen molar-refractivity contribution >= 4 is 107 Å². The molecule has 0 bridgehead atoms. The molecule has 0 N–H and O–H groups in total. The molecule has 11 aromatic carbocycles. The van der Waals surface area contributed by atoms with Crippen LogP contribution in [-0.2, 0) is 0 Å². The van der Waals surface area contributed by atoms with Crippen LogP contribution in [-0.4, -0.2) is 19.1 Å². The van der Waals surface area contributed by atoms with E-state index in [-0.39, 0.29) is 0 Å². The lowest BCUT2D eigenvalue weighted by Crippen LogP contribution is -1.95. The summed E-state index contributed by atoms with van der Waals surface area (Å²) in [5, 5.41) is 9.96. The molecule has 0 aliphatic heterocycles. The second-order valence-electron chi connectivity index (χ2n) is 21.3. The third-order valence-electron chi connectivity index (χ3n) is 16.6. The molecule has 0 radical (unpaired) electrons. The molecule has 0 amide bonds. The highest BCUT2D eigenvalue weighted by atomic mass is 32.1. The van der Waals surface area contributed by atoms with E-state index in [1.54, 1.807) is 11.3 Å². The molecule has 0 saturated heterocycles. The monoisotopic (exact) mass is 1080 g/mol. The maximum atomic E-state index is 5.05. The average Bonchev–Trinajstić information content (AvgIpc) is 4.28. The molecule has 382 valence electrons. The summed E-state index contributed by atoms with van der Waals surface area (Å²) in [5.74, 6) is 0. The van der Waals surface area contributed by atoms with E-state index in [2.05, 4.69) is 276 Å². The lowest BCUT2D eigenvalue weighted by Gasteiger charge is -2.15. The van der Waals surface area contributed by atoms with Crippen LogP contribution in [0.5, 0.6) is 0 Å². The second kappa shape index (κ2) is 18.7. The number of aromatic nitrogens is 4. The van der Waals surface area contributed by atoms with Gasteiger partial charge in [0.25, 0.3) is 0 Å². The number of hydrogen-bond donors (Lipinski definition) is 0. The fourth-order valence-electron chi connectivity index (χ4n) is 12.8. The van der Waals surface area contributed by atoms with Gasteiger partial charge in [0, 0.05) is 87.4 Å². The molecule has 6 heterocycles. The van der Waals surface area contributed by atoms with Crippen LogP contribution in [0.1, 0.15) is 0 Å². The summed E-state index contributed by atoms with van der Waals surface area (Å²) in [7, 11) is 0. The van der Waals surface area contributed by atoms with E-state index in [0.717, 1.165) is 89.4 Å². The van der Waals surface area contributed by atoms with Gasteiger partial charge in [0.2, 0.25) is 0 Å². The molecular formula is C76H46N4S2. The van der Waals surface area contributed by atoms with Crippen LogP contribution in [0.25, 0.3) is 162 Å². The highest BCUT2D eigenvalue weighted by Gasteiger charge is 2.19. The molecule has 0 fully saturated rings. The topological polar surface area (TPSA) is 35.6 Å². The van der Waals surface area contributed by atoms with Crippen molar-refractivity contribution in [2.75, 3.05) is 0 Å². The molecule has 17 aromatic rings. The van der Waals surface area contributed by atoms with Crippen LogP contribution in [0.2, 0.25) is 0 Å². The van der Waals surface area contributed by atoms with Crippen molar-refractivity contribution in [3.63, 3.8) is 0 Å². The van der Waals surface area contributed by atoms with E-state index in [9.17, 15) is 0 Å². The maximum absolute atomic E-state index is 5.05. The molecule has 0 aliphatic carbocycles. The predicted molar refractivity (Wildman–Crippen MR) is 349 cm³/mol. The summed E-state index contributed by atoms with van der Waals surface area (Å²) in [5.41, 5.74) is 20.2. The van der Waals surface area contributed by atoms with Gasteiger partial charge >= 0.3 is 0 Å². The van der Waals surface area contributed by atoms with Crippen LogP contribution in [0.3, 0.4) is 0 Å². The zero-order valence-corrected chi connectivity index (χ0v) is 45.8.